The van der Waals surface area contributed by atoms with Crippen molar-refractivity contribution in [2.75, 3.05) is 6.54 Å². The normalized spacial score (nSPS) is 19.6. The Labute approximate surface area is 109 Å². The van der Waals surface area contributed by atoms with Gasteiger partial charge in [-0.15, -0.1) is 11.3 Å². The second kappa shape index (κ2) is 5.96. The van der Waals surface area contributed by atoms with E-state index in [0.29, 0.717) is 12.0 Å². The van der Waals surface area contributed by atoms with Crippen LogP contribution in [0.2, 0.25) is 0 Å². The maximum Gasteiger partial charge on any atom is 0.0934 e. The minimum absolute atomic E-state index is 0.524. The van der Waals surface area contributed by atoms with Crippen molar-refractivity contribution in [2.45, 2.75) is 58.9 Å². The number of rotatable bonds is 5. The highest BCUT2D eigenvalue weighted by molar-refractivity contribution is 7.11. The third-order valence-corrected chi connectivity index (χ3v) is 4.38. The van der Waals surface area contributed by atoms with Crippen molar-refractivity contribution in [3.05, 3.63) is 15.6 Å². The predicted octanol–water partition coefficient (Wildman–Crippen LogP) is 3.72. The van der Waals surface area contributed by atoms with E-state index in [0.717, 1.165) is 13.0 Å². The minimum Gasteiger partial charge on any atom is -0.309 e. The third kappa shape index (κ3) is 3.29. The van der Waals surface area contributed by atoms with E-state index >= 15 is 0 Å². The van der Waals surface area contributed by atoms with Gasteiger partial charge in [0.15, 0.2) is 0 Å². The highest BCUT2D eigenvalue weighted by Gasteiger charge is 2.24. The molecule has 1 aromatic rings. The molecule has 96 valence electrons. The summed E-state index contributed by atoms with van der Waals surface area (Å²) in [5.74, 6) is 0.713. The number of hydrogen-bond donors (Lipinski definition) is 1. The lowest BCUT2D eigenvalue weighted by Crippen LogP contribution is -2.25. The first-order valence-electron chi connectivity index (χ1n) is 6.92. The van der Waals surface area contributed by atoms with Crippen molar-refractivity contribution < 1.29 is 0 Å². The number of nitrogens with one attached hydrogen (secondary N) is 1. The zero-order valence-electron chi connectivity index (χ0n) is 11.3. The van der Waals surface area contributed by atoms with E-state index in [1.54, 1.807) is 4.88 Å². The predicted molar refractivity (Wildman–Crippen MR) is 74.6 cm³/mol. The number of aromatic nitrogens is 1. The van der Waals surface area contributed by atoms with E-state index in [9.17, 15) is 0 Å². The molecular weight excluding hydrogens is 228 g/mol. The van der Waals surface area contributed by atoms with Crippen LogP contribution in [-0.2, 0) is 12.8 Å². The molecule has 0 aromatic carbocycles. The van der Waals surface area contributed by atoms with Gasteiger partial charge in [-0.05, 0) is 38.1 Å². The fraction of sp³-hybridized carbons (Fsp3) is 0.786. The number of thiazole rings is 1. The summed E-state index contributed by atoms with van der Waals surface area (Å²) < 4.78 is 0. The summed E-state index contributed by atoms with van der Waals surface area (Å²) in [7, 11) is 0. The van der Waals surface area contributed by atoms with Crippen LogP contribution in [-0.4, -0.2) is 11.5 Å². The highest BCUT2D eigenvalue weighted by Crippen LogP contribution is 2.33. The second-order valence-corrected chi connectivity index (χ2v) is 6.58. The Bertz CT molecular complexity index is 357. The maximum atomic E-state index is 4.88. The molecule has 0 fully saturated rings. The molecule has 1 aromatic heterocycles. The zero-order valence-corrected chi connectivity index (χ0v) is 12.1. The topological polar surface area (TPSA) is 24.9 Å². The molecule has 1 atom stereocenters. The van der Waals surface area contributed by atoms with Crippen LogP contribution in [0.1, 0.15) is 61.7 Å². The zero-order chi connectivity index (χ0) is 12.3. The van der Waals surface area contributed by atoms with Crippen LogP contribution in [0, 0.1) is 5.92 Å². The van der Waals surface area contributed by atoms with Crippen LogP contribution in [0.25, 0.3) is 0 Å². The van der Waals surface area contributed by atoms with Gasteiger partial charge in [-0.1, -0.05) is 20.8 Å². The molecule has 1 aliphatic rings. The van der Waals surface area contributed by atoms with Crippen LogP contribution in [0.5, 0.6) is 0 Å². The summed E-state index contributed by atoms with van der Waals surface area (Å²) in [5, 5.41) is 4.98. The summed E-state index contributed by atoms with van der Waals surface area (Å²) >= 11 is 1.95. The summed E-state index contributed by atoms with van der Waals surface area (Å²) in [6, 6.07) is 0.524. The first kappa shape index (κ1) is 13.0. The van der Waals surface area contributed by atoms with Crippen molar-refractivity contribution in [1.29, 1.82) is 0 Å². The van der Waals surface area contributed by atoms with Crippen molar-refractivity contribution in [2.24, 2.45) is 5.92 Å². The quantitative estimate of drug-likeness (QED) is 0.864. The molecule has 1 heterocycles. The van der Waals surface area contributed by atoms with Gasteiger partial charge in [-0.25, -0.2) is 4.98 Å². The summed E-state index contributed by atoms with van der Waals surface area (Å²) in [5.41, 5.74) is 1.37. The average molecular weight is 252 g/mol. The lowest BCUT2D eigenvalue weighted by atomic mass is 9.97. The molecule has 0 saturated carbocycles. The van der Waals surface area contributed by atoms with Crippen LogP contribution >= 0.6 is 11.3 Å². The van der Waals surface area contributed by atoms with Crippen LogP contribution in [0.3, 0.4) is 0 Å². The van der Waals surface area contributed by atoms with Gasteiger partial charge in [0.05, 0.1) is 16.7 Å². The molecule has 0 bridgehead atoms. The Morgan fingerprint density at radius 1 is 1.47 bits per heavy atom. The van der Waals surface area contributed by atoms with Crippen molar-refractivity contribution in [3.8, 4) is 0 Å². The molecule has 0 aliphatic heterocycles. The van der Waals surface area contributed by atoms with E-state index in [4.69, 9.17) is 4.98 Å². The Hall–Kier alpha value is -0.410. The monoisotopic (exact) mass is 252 g/mol. The molecule has 0 saturated heterocycles. The average Bonchev–Trinajstić information content (AvgIpc) is 2.67. The summed E-state index contributed by atoms with van der Waals surface area (Å²) in [4.78, 5) is 6.42. The molecule has 1 unspecified atom stereocenters. The summed E-state index contributed by atoms with van der Waals surface area (Å²) in [6.07, 6.45) is 6.16. The van der Waals surface area contributed by atoms with Gasteiger partial charge in [-0.2, -0.15) is 0 Å². The Morgan fingerprint density at radius 3 is 3.00 bits per heavy atom. The molecule has 17 heavy (non-hydrogen) atoms. The second-order valence-electron chi connectivity index (χ2n) is 5.41. The molecule has 1 N–H and O–H groups in total. The number of hydrogen-bond acceptors (Lipinski definition) is 3. The van der Waals surface area contributed by atoms with Gasteiger partial charge in [0.1, 0.15) is 0 Å². The van der Waals surface area contributed by atoms with Crippen LogP contribution in [0.15, 0.2) is 0 Å². The van der Waals surface area contributed by atoms with Gasteiger partial charge >= 0.3 is 0 Å². The highest BCUT2D eigenvalue weighted by atomic mass is 32.1. The van der Waals surface area contributed by atoms with E-state index in [1.165, 1.54) is 36.4 Å². The summed E-state index contributed by atoms with van der Waals surface area (Å²) in [6.45, 7) is 7.88. The van der Waals surface area contributed by atoms with Gasteiger partial charge in [-0.3, -0.25) is 0 Å². The van der Waals surface area contributed by atoms with Gasteiger partial charge in [0.25, 0.3) is 0 Å². The van der Waals surface area contributed by atoms with E-state index < -0.39 is 0 Å². The number of nitrogens with zero attached hydrogens (tertiary/aromatic N) is 1. The Morgan fingerprint density at radius 2 is 2.29 bits per heavy atom. The molecule has 0 spiro atoms. The standard InChI is InChI=1S/C14H24N2S/c1-4-8-15-11-6-5-7-12-14(11)16-13(17-12)9-10(2)3/h10-11,15H,4-9H2,1-3H3. The number of fused-ring (bicyclic) bond motifs is 1. The van der Waals surface area contributed by atoms with E-state index in [2.05, 4.69) is 26.1 Å². The van der Waals surface area contributed by atoms with Crippen molar-refractivity contribution in [1.82, 2.24) is 10.3 Å². The molecule has 2 nitrogen and oxygen atoms in total. The van der Waals surface area contributed by atoms with Crippen molar-refractivity contribution >= 4 is 11.3 Å². The fourth-order valence-electron chi connectivity index (χ4n) is 2.42. The van der Waals surface area contributed by atoms with Crippen LogP contribution in [0.4, 0.5) is 0 Å². The lowest BCUT2D eigenvalue weighted by Gasteiger charge is -2.22. The SMILES string of the molecule is CCCNC1CCCc2sc(CC(C)C)nc21. The van der Waals surface area contributed by atoms with Gasteiger partial charge in [0, 0.05) is 11.3 Å². The molecule has 3 heteroatoms. The van der Waals surface area contributed by atoms with Crippen LogP contribution < -0.4 is 5.32 Å². The third-order valence-electron chi connectivity index (χ3n) is 3.22. The largest absolute Gasteiger partial charge is 0.309 e. The van der Waals surface area contributed by atoms with E-state index in [-0.39, 0.29) is 0 Å². The molecule has 0 radical (unpaired) electrons. The van der Waals surface area contributed by atoms with Crippen molar-refractivity contribution in [3.63, 3.8) is 0 Å². The smallest absolute Gasteiger partial charge is 0.0934 e. The Balaban J connectivity index is 2.10. The first-order valence-corrected chi connectivity index (χ1v) is 7.74. The molecular formula is C14H24N2S. The molecule has 0 amide bonds. The first-order chi connectivity index (χ1) is 8.20. The maximum absolute atomic E-state index is 4.88. The fourth-order valence-corrected chi connectivity index (χ4v) is 3.81. The van der Waals surface area contributed by atoms with Gasteiger partial charge < -0.3 is 5.32 Å². The Kier molecular flexibility index (Phi) is 4.57. The lowest BCUT2D eigenvalue weighted by molar-refractivity contribution is 0.453. The number of aryl methyl sites for hydroxylation is 1. The van der Waals surface area contributed by atoms with E-state index in [1.807, 2.05) is 11.3 Å². The molecule has 1 aliphatic carbocycles. The molecule has 2 rings (SSSR count). The van der Waals surface area contributed by atoms with Gasteiger partial charge in [0.2, 0.25) is 0 Å². The minimum atomic E-state index is 0.524.